The fourth-order valence-electron chi connectivity index (χ4n) is 2.64. The lowest BCUT2D eigenvalue weighted by Crippen LogP contribution is -2.31. The van der Waals surface area contributed by atoms with Gasteiger partial charge in [-0.05, 0) is 31.9 Å². The Kier molecular flexibility index (Phi) is 4.44. The summed E-state index contributed by atoms with van der Waals surface area (Å²) in [4.78, 5) is 25.0. The van der Waals surface area contributed by atoms with E-state index >= 15 is 0 Å². The number of para-hydroxylation sites is 1. The summed E-state index contributed by atoms with van der Waals surface area (Å²) in [6.07, 6.45) is 0.769. The standard InChI is InChI=1S/C17H18N4O2S/c1-4-14-19-20-17(24-14)18-16(23)11(3)21-13-8-6-5-7-12(13)10(2)9-15(21)22/h5-9,11H,4H2,1-3H3,(H,18,20,23). The minimum Gasteiger partial charge on any atom is -0.299 e. The second-order valence-corrected chi connectivity index (χ2v) is 6.63. The summed E-state index contributed by atoms with van der Waals surface area (Å²) in [5.41, 5.74) is 1.45. The lowest BCUT2D eigenvalue weighted by atomic mass is 10.1. The molecule has 1 amide bonds. The SMILES string of the molecule is CCc1nnc(NC(=O)C(C)n2c(=O)cc(C)c3ccccc32)s1. The summed E-state index contributed by atoms with van der Waals surface area (Å²) >= 11 is 1.34. The van der Waals surface area contributed by atoms with E-state index < -0.39 is 6.04 Å². The Hall–Kier alpha value is -2.54. The van der Waals surface area contributed by atoms with Gasteiger partial charge in [-0.3, -0.25) is 19.5 Å². The first-order valence-electron chi connectivity index (χ1n) is 7.75. The van der Waals surface area contributed by atoms with E-state index in [-0.39, 0.29) is 11.5 Å². The van der Waals surface area contributed by atoms with E-state index in [4.69, 9.17) is 0 Å². The molecular weight excluding hydrogens is 324 g/mol. The highest BCUT2D eigenvalue weighted by Crippen LogP contribution is 2.21. The van der Waals surface area contributed by atoms with E-state index in [2.05, 4.69) is 15.5 Å². The van der Waals surface area contributed by atoms with Crippen molar-refractivity contribution in [1.82, 2.24) is 14.8 Å². The minimum atomic E-state index is -0.656. The largest absolute Gasteiger partial charge is 0.299 e. The molecule has 2 heterocycles. The number of carbonyl (C=O) groups is 1. The summed E-state index contributed by atoms with van der Waals surface area (Å²) in [6, 6.07) is 8.49. The van der Waals surface area contributed by atoms with Crippen molar-refractivity contribution in [3.63, 3.8) is 0 Å². The van der Waals surface area contributed by atoms with Crippen molar-refractivity contribution in [2.45, 2.75) is 33.2 Å². The summed E-state index contributed by atoms with van der Waals surface area (Å²) in [5, 5.41) is 13.0. The number of carbonyl (C=O) groups excluding carboxylic acids is 1. The van der Waals surface area contributed by atoms with Gasteiger partial charge in [-0.15, -0.1) is 10.2 Å². The third-order valence-electron chi connectivity index (χ3n) is 3.93. The summed E-state index contributed by atoms with van der Waals surface area (Å²) in [7, 11) is 0. The first-order valence-corrected chi connectivity index (χ1v) is 8.57. The molecule has 0 radical (unpaired) electrons. The number of benzene rings is 1. The minimum absolute atomic E-state index is 0.194. The molecule has 124 valence electrons. The van der Waals surface area contributed by atoms with Gasteiger partial charge in [0, 0.05) is 11.5 Å². The number of nitrogens with zero attached hydrogens (tertiary/aromatic N) is 3. The van der Waals surface area contributed by atoms with Crippen LogP contribution in [0.1, 0.15) is 30.5 Å². The van der Waals surface area contributed by atoms with Gasteiger partial charge in [0.25, 0.3) is 5.56 Å². The number of aromatic nitrogens is 3. The fourth-order valence-corrected chi connectivity index (χ4v) is 3.32. The summed E-state index contributed by atoms with van der Waals surface area (Å²) in [6.45, 7) is 5.58. The molecule has 0 aliphatic carbocycles. The van der Waals surface area contributed by atoms with Gasteiger partial charge >= 0.3 is 0 Å². The van der Waals surface area contributed by atoms with Crippen LogP contribution in [0.25, 0.3) is 10.9 Å². The maximum absolute atomic E-state index is 12.6. The van der Waals surface area contributed by atoms with Crippen molar-refractivity contribution >= 4 is 33.3 Å². The number of pyridine rings is 1. The van der Waals surface area contributed by atoms with E-state index in [1.807, 2.05) is 38.1 Å². The number of hydrogen-bond donors (Lipinski definition) is 1. The zero-order valence-corrected chi connectivity index (χ0v) is 14.6. The number of amides is 1. The van der Waals surface area contributed by atoms with Crippen LogP contribution in [0.2, 0.25) is 0 Å². The predicted molar refractivity (Wildman–Crippen MR) is 95.6 cm³/mol. The molecule has 0 fully saturated rings. The maximum Gasteiger partial charge on any atom is 0.252 e. The smallest absolute Gasteiger partial charge is 0.252 e. The van der Waals surface area contributed by atoms with Crippen LogP contribution in [-0.4, -0.2) is 20.7 Å². The second-order valence-electron chi connectivity index (χ2n) is 5.57. The van der Waals surface area contributed by atoms with Crippen molar-refractivity contribution < 1.29 is 4.79 Å². The molecule has 6 nitrogen and oxygen atoms in total. The Labute approximate surface area is 143 Å². The predicted octanol–water partition coefficient (Wildman–Crippen LogP) is 2.92. The Morgan fingerprint density at radius 2 is 2.08 bits per heavy atom. The Morgan fingerprint density at radius 1 is 1.33 bits per heavy atom. The monoisotopic (exact) mass is 342 g/mol. The molecule has 3 aromatic rings. The number of aryl methyl sites for hydroxylation is 2. The zero-order valence-electron chi connectivity index (χ0n) is 13.7. The van der Waals surface area contributed by atoms with E-state index in [0.29, 0.717) is 5.13 Å². The van der Waals surface area contributed by atoms with Crippen LogP contribution in [0.3, 0.4) is 0 Å². The van der Waals surface area contributed by atoms with Gasteiger partial charge < -0.3 is 0 Å². The molecular formula is C17H18N4O2S. The Morgan fingerprint density at radius 3 is 2.79 bits per heavy atom. The fraction of sp³-hybridized carbons (Fsp3) is 0.294. The van der Waals surface area contributed by atoms with Crippen LogP contribution in [0.4, 0.5) is 5.13 Å². The molecule has 1 atom stereocenters. The van der Waals surface area contributed by atoms with Crippen LogP contribution in [0, 0.1) is 6.92 Å². The molecule has 0 aliphatic rings. The molecule has 2 aromatic heterocycles. The molecule has 24 heavy (non-hydrogen) atoms. The molecule has 0 aliphatic heterocycles. The van der Waals surface area contributed by atoms with Crippen molar-refractivity contribution in [2.24, 2.45) is 0 Å². The lowest BCUT2D eigenvalue weighted by Gasteiger charge is -2.17. The van der Waals surface area contributed by atoms with Crippen LogP contribution >= 0.6 is 11.3 Å². The van der Waals surface area contributed by atoms with Crippen LogP contribution < -0.4 is 10.9 Å². The number of nitrogens with one attached hydrogen (secondary N) is 1. The molecule has 7 heteroatoms. The molecule has 0 saturated carbocycles. The van der Waals surface area contributed by atoms with E-state index in [0.717, 1.165) is 27.9 Å². The van der Waals surface area contributed by atoms with Crippen LogP contribution in [-0.2, 0) is 11.2 Å². The average molecular weight is 342 g/mol. The van der Waals surface area contributed by atoms with Crippen molar-refractivity contribution in [1.29, 1.82) is 0 Å². The van der Waals surface area contributed by atoms with Crippen molar-refractivity contribution in [3.8, 4) is 0 Å². The first kappa shape index (κ1) is 16.3. The van der Waals surface area contributed by atoms with Gasteiger partial charge in [0.2, 0.25) is 11.0 Å². The Bertz CT molecular complexity index is 961. The third-order valence-corrected chi connectivity index (χ3v) is 4.92. The van der Waals surface area contributed by atoms with Crippen molar-refractivity contribution in [3.05, 3.63) is 51.3 Å². The number of anilines is 1. The normalized spacial score (nSPS) is 12.3. The van der Waals surface area contributed by atoms with Gasteiger partial charge in [-0.1, -0.05) is 36.5 Å². The highest BCUT2D eigenvalue weighted by atomic mass is 32.1. The van der Waals surface area contributed by atoms with Gasteiger partial charge in [-0.2, -0.15) is 0 Å². The van der Waals surface area contributed by atoms with Gasteiger partial charge in [-0.25, -0.2) is 0 Å². The van der Waals surface area contributed by atoms with Gasteiger partial charge in [0.05, 0.1) is 5.52 Å². The van der Waals surface area contributed by atoms with Gasteiger partial charge in [0.15, 0.2) is 0 Å². The molecule has 0 spiro atoms. The number of hydrogen-bond acceptors (Lipinski definition) is 5. The maximum atomic E-state index is 12.6. The van der Waals surface area contributed by atoms with E-state index in [1.165, 1.54) is 15.9 Å². The quantitative estimate of drug-likeness (QED) is 0.791. The number of rotatable bonds is 4. The first-order chi connectivity index (χ1) is 11.5. The van der Waals surface area contributed by atoms with Crippen molar-refractivity contribution in [2.75, 3.05) is 5.32 Å². The van der Waals surface area contributed by atoms with E-state index in [9.17, 15) is 9.59 Å². The number of fused-ring (bicyclic) bond motifs is 1. The highest BCUT2D eigenvalue weighted by Gasteiger charge is 2.20. The molecule has 1 aromatic carbocycles. The third kappa shape index (κ3) is 2.94. The topological polar surface area (TPSA) is 76.9 Å². The zero-order chi connectivity index (χ0) is 17.3. The lowest BCUT2D eigenvalue weighted by molar-refractivity contribution is -0.118. The molecule has 3 rings (SSSR count). The molecule has 1 N–H and O–H groups in total. The van der Waals surface area contributed by atoms with Crippen LogP contribution in [0.5, 0.6) is 0 Å². The molecule has 0 bridgehead atoms. The summed E-state index contributed by atoms with van der Waals surface area (Å²) in [5.74, 6) is -0.287. The second kappa shape index (κ2) is 6.52. The van der Waals surface area contributed by atoms with Gasteiger partial charge in [0.1, 0.15) is 11.0 Å². The molecule has 0 saturated heterocycles. The highest BCUT2D eigenvalue weighted by molar-refractivity contribution is 7.15. The average Bonchev–Trinajstić information content (AvgIpc) is 3.02. The molecule has 1 unspecified atom stereocenters. The van der Waals surface area contributed by atoms with E-state index in [1.54, 1.807) is 13.0 Å². The van der Waals surface area contributed by atoms with Crippen LogP contribution in [0.15, 0.2) is 35.1 Å². The summed E-state index contributed by atoms with van der Waals surface area (Å²) < 4.78 is 1.51. The Balaban J connectivity index is 1.97.